The number of nitrogens with one attached hydrogen (secondary N) is 1. The van der Waals surface area contributed by atoms with Gasteiger partial charge in [-0.3, -0.25) is 14.9 Å². The van der Waals surface area contributed by atoms with Crippen LogP contribution in [0.3, 0.4) is 0 Å². The van der Waals surface area contributed by atoms with E-state index in [2.05, 4.69) is 17.3 Å². The molecule has 2 aliphatic rings. The van der Waals surface area contributed by atoms with Crippen molar-refractivity contribution in [3.8, 4) is 0 Å². The Balaban J connectivity index is 1.55. The molecule has 1 saturated heterocycles. The van der Waals surface area contributed by atoms with Crippen LogP contribution in [0.5, 0.6) is 0 Å². The smallest absolute Gasteiger partial charge is 0.293 e. The summed E-state index contributed by atoms with van der Waals surface area (Å²) in [6.45, 7) is 4.32. The van der Waals surface area contributed by atoms with Gasteiger partial charge >= 0.3 is 0 Å². The number of morpholine rings is 1. The maximum atomic E-state index is 12.7. The number of benzene rings is 1. The molecule has 1 N–H and O–H groups in total. The van der Waals surface area contributed by atoms with Gasteiger partial charge in [0, 0.05) is 30.8 Å². The number of amides is 1. The summed E-state index contributed by atoms with van der Waals surface area (Å²) in [5.74, 6) is 0.801. The van der Waals surface area contributed by atoms with Crippen molar-refractivity contribution in [2.45, 2.75) is 25.8 Å². The SMILES string of the molecule is CC(C1CC1)n1nccc1NC(=O)c1ccc(N2CCOCC2)c([N+](=O)[O-])c1. The van der Waals surface area contributed by atoms with E-state index in [-0.39, 0.29) is 23.2 Å². The molecule has 1 amide bonds. The number of rotatable bonds is 6. The fraction of sp³-hybridized carbons (Fsp3) is 0.474. The van der Waals surface area contributed by atoms with E-state index in [1.807, 2.05) is 9.58 Å². The molecule has 2 aromatic rings. The predicted molar refractivity (Wildman–Crippen MR) is 104 cm³/mol. The number of nitrogens with zero attached hydrogens (tertiary/aromatic N) is 4. The van der Waals surface area contributed by atoms with Crippen LogP contribution in [0.25, 0.3) is 0 Å². The van der Waals surface area contributed by atoms with Crippen LogP contribution in [0.2, 0.25) is 0 Å². The minimum Gasteiger partial charge on any atom is -0.378 e. The molecule has 0 bridgehead atoms. The molecule has 9 heteroatoms. The quantitative estimate of drug-likeness (QED) is 0.606. The Morgan fingerprint density at radius 1 is 1.32 bits per heavy atom. The van der Waals surface area contributed by atoms with Crippen molar-refractivity contribution in [3.63, 3.8) is 0 Å². The zero-order valence-corrected chi connectivity index (χ0v) is 15.7. The van der Waals surface area contributed by atoms with Gasteiger partial charge in [-0.2, -0.15) is 5.10 Å². The van der Waals surface area contributed by atoms with Crippen LogP contribution < -0.4 is 10.2 Å². The van der Waals surface area contributed by atoms with E-state index in [1.54, 1.807) is 24.4 Å². The number of hydrogen-bond donors (Lipinski definition) is 1. The van der Waals surface area contributed by atoms with E-state index in [1.165, 1.54) is 18.9 Å². The minimum atomic E-state index is -0.443. The average Bonchev–Trinajstić information content (AvgIpc) is 3.47. The monoisotopic (exact) mass is 385 g/mol. The van der Waals surface area contributed by atoms with E-state index in [9.17, 15) is 14.9 Å². The molecule has 2 heterocycles. The summed E-state index contributed by atoms with van der Waals surface area (Å²) in [6, 6.07) is 6.56. The fourth-order valence-corrected chi connectivity index (χ4v) is 3.59. The van der Waals surface area contributed by atoms with Crippen molar-refractivity contribution < 1.29 is 14.5 Å². The number of carbonyl (C=O) groups is 1. The van der Waals surface area contributed by atoms with Crippen LogP contribution in [0.15, 0.2) is 30.5 Å². The number of aromatic nitrogens is 2. The van der Waals surface area contributed by atoms with E-state index < -0.39 is 4.92 Å². The summed E-state index contributed by atoms with van der Waals surface area (Å²) >= 11 is 0. The van der Waals surface area contributed by atoms with Gasteiger partial charge in [0.05, 0.1) is 30.4 Å². The Hall–Kier alpha value is -2.94. The molecule has 1 aromatic carbocycles. The van der Waals surface area contributed by atoms with E-state index in [0.717, 1.165) is 0 Å². The number of nitro groups is 1. The Kier molecular flexibility index (Phi) is 4.99. The van der Waals surface area contributed by atoms with Crippen LogP contribution in [-0.4, -0.2) is 46.9 Å². The summed E-state index contributed by atoms with van der Waals surface area (Å²) in [6.07, 6.45) is 3.99. The molecular weight excluding hydrogens is 362 g/mol. The topological polar surface area (TPSA) is 103 Å². The molecule has 148 valence electrons. The molecule has 4 rings (SSSR count). The third kappa shape index (κ3) is 3.70. The fourth-order valence-electron chi connectivity index (χ4n) is 3.59. The molecule has 1 aromatic heterocycles. The molecular formula is C19H23N5O4. The van der Waals surface area contributed by atoms with Gasteiger partial charge in [-0.25, -0.2) is 4.68 Å². The van der Waals surface area contributed by atoms with E-state index in [0.29, 0.717) is 43.7 Å². The first kappa shape index (κ1) is 18.4. The van der Waals surface area contributed by atoms with Crippen molar-refractivity contribution in [3.05, 3.63) is 46.1 Å². The van der Waals surface area contributed by atoms with Crippen LogP contribution in [0.1, 0.15) is 36.2 Å². The molecule has 1 atom stereocenters. The van der Waals surface area contributed by atoms with Crippen LogP contribution in [0, 0.1) is 16.0 Å². The van der Waals surface area contributed by atoms with Gasteiger partial charge in [0.25, 0.3) is 11.6 Å². The lowest BCUT2D eigenvalue weighted by Gasteiger charge is -2.28. The third-order valence-corrected chi connectivity index (χ3v) is 5.39. The maximum absolute atomic E-state index is 12.7. The first-order valence-corrected chi connectivity index (χ1v) is 9.50. The first-order valence-electron chi connectivity index (χ1n) is 9.50. The number of carbonyl (C=O) groups excluding carboxylic acids is 1. The molecule has 0 radical (unpaired) electrons. The zero-order chi connectivity index (χ0) is 19.7. The zero-order valence-electron chi connectivity index (χ0n) is 15.7. The summed E-state index contributed by atoms with van der Waals surface area (Å²) in [7, 11) is 0. The van der Waals surface area contributed by atoms with Gasteiger partial charge in [0.1, 0.15) is 11.5 Å². The largest absolute Gasteiger partial charge is 0.378 e. The van der Waals surface area contributed by atoms with Gasteiger partial charge in [-0.05, 0) is 37.8 Å². The summed E-state index contributed by atoms with van der Waals surface area (Å²) < 4.78 is 7.12. The van der Waals surface area contributed by atoms with Gasteiger partial charge < -0.3 is 15.0 Å². The van der Waals surface area contributed by atoms with Crippen molar-refractivity contribution >= 4 is 23.1 Å². The normalized spacial score (nSPS) is 18.0. The highest BCUT2D eigenvalue weighted by molar-refractivity contribution is 6.04. The van der Waals surface area contributed by atoms with Crippen molar-refractivity contribution in [2.75, 3.05) is 36.5 Å². The number of nitro benzene ring substituents is 1. The Morgan fingerprint density at radius 2 is 2.07 bits per heavy atom. The summed E-state index contributed by atoms with van der Waals surface area (Å²) in [5.41, 5.74) is 0.683. The third-order valence-electron chi connectivity index (χ3n) is 5.39. The first-order chi connectivity index (χ1) is 13.5. The highest BCUT2D eigenvalue weighted by Crippen LogP contribution is 2.40. The average molecular weight is 385 g/mol. The highest BCUT2D eigenvalue weighted by Gasteiger charge is 2.31. The second-order valence-corrected chi connectivity index (χ2v) is 7.25. The Morgan fingerprint density at radius 3 is 2.75 bits per heavy atom. The standard InChI is InChI=1S/C19H23N5O4/c1-13(14-2-3-14)23-18(6-7-20-23)21-19(25)15-4-5-16(17(12-15)24(26)27)22-8-10-28-11-9-22/h4-7,12-14H,2-3,8-11H2,1H3,(H,21,25). The van der Waals surface area contributed by atoms with Crippen LogP contribution in [-0.2, 0) is 4.74 Å². The molecule has 1 unspecified atom stereocenters. The van der Waals surface area contributed by atoms with Crippen molar-refractivity contribution in [1.29, 1.82) is 0 Å². The number of anilines is 2. The van der Waals surface area contributed by atoms with E-state index in [4.69, 9.17) is 4.74 Å². The molecule has 1 aliphatic heterocycles. The second kappa shape index (κ2) is 7.59. The Labute approximate surface area is 162 Å². The summed E-state index contributed by atoms with van der Waals surface area (Å²) in [4.78, 5) is 25.8. The number of hydrogen-bond acceptors (Lipinski definition) is 6. The lowest BCUT2D eigenvalue weighted by Crippen LogP contribution is -2.36. The van der Waals surface area contributed by atoms with Gasteiger partial charge in [0.15, 0.2) is 0 Å². The van der Waals surface area contributed by atoms with E-state index >= 15 is 0 Å². The number of ether oxygens (including phenoxy) is 1. The molecule has 0 spiro atoms. The van der Waals surface area contributed by atoms with Crippen molar-refractivity contribution in [2.24, 2.45) is 5.92 Å². The predicted octanol–water partition coefficient (Wildman–Crippen LogP) is 2.85. The molecule has 2 fully saturated rings. The van der Waals surface area contributed by atoms with Crippen LogP contribution >= 0.6 is 0 Å². The van der Waals surface area contributed by atoms with Gasteiger partial charge in [-0.1, -0.05) is 0 Å². The van der Waals surface area contributed by atoms with Gasteiger partial charge in [-0.15, -0.1) is 0 Å². The summed E-state index contributed by atoms with van der Waals surface area (Å²) in [5, 5.41) is 18.7. The van der Waals surface area contributed by atoms with Gasteiger partial charge in [0.2, 0.25) is 0 Å². The molecule has 1 saturated carbocycles. The lowest BCUT2D eigenvalue weighted by molar-refractivity contribution is -0.384. The van der Waals surface area contributed by atoms with Crippen LogP contribution in [0.4, 0.5) is 17.2 Å². The second-order valence-electron chi connectivity index (χ2n) is 7.25. The molecule has 28 heavy (non-hydrogen) atoms. The van der Waals surface area contributed by atoms with Crippen molar-refractivity contribution in [1.82, 2.24) is 9.78 Å². The Bertz CT molecular complexity index is 886. The minimum absolute atomic E-state index is 0.0746. The maximum Gasteiger partial charge on any atom is 0.293 e. The molecule has 9 nitrogen and oxygen atoms in total. The lowest BCUT2D eigenvalue weighted by atomic mass is 10.1. The molecule has 1 aliphatic carbocycles. The highest BCUT2D eigenvalue weighted by atomic mass is 16.6.